The summed E-state index contributed by atoms with van der Waals surface area (Å²) in [7, 11) is 0. The van der Waals surface area contributed by atoms with Crippen LogP contribution < -0.4 is 5.32 Å². The van der Waals surface area contributed by atoms with Crippen LogP contribution in [-0.2, 0) is 26.9 Å². The minimum Gasteiger partial charge on any atom is -0.455 e. The number of hydrogen-bond donors (Lipinski definition) is 1. The van der Waals surface area contributed by atoms with Gasteiger partial charge in [-0.3, -0.25) is 9.59 Å². The molecular weight excluding hydrogens is 359 g/mol. The van der Waals surface area contributed by atoms with E-state index in [0.717, 1.165) is 24.3 Å². The molecule has 0 aromatic heterocycles. The minimum atomic E-state index is -4.45. The van der Waals surface area contributed by atoms with Gasteiger partial charge in [-0.25, -0.2) is 0 Å². The molecule has 2 aromatic rings. The number of nitrogens with one attached hydrogen (secondary N) is 1. The monoisotopic (exact) mass is 371 g/mol. The summed E-state index contributed by atoms with van der Waals surface area (Å²) in [6.45, 7) is -0.551. The van der Waals surface area contributed by atoms with Gasteiger partial charge in [0.2, 0.25) is 0 Å². The van der Waals surface area contributed by atoms with Gasteiger partial charge in [0.1, 0.15) is 0 Å². The molecule has 0 bridgehead atoms. The Labute approximate surface area is 146 Å². The topological polar surface area (TPSA) is 55.4 Å². The normalized spacial score (nSPS) is 11.0. The number of rotatable bonds is 5. The van der Waals surface area contributed by atoms with Gasteiger partial charge in [-0.15, -0.1) is 0 Å². The summed E-state index contributed by atoms with van der Waals surface area (Å²) in [4.78, 5) is 23.4. The Bertz CT molecular complexity index is 760. The van der Waals surface area contributed by atoms with Crippen LogP contribution in [0.15, 0.2) is 48.5 Å². The van der Waals surface area contributed by atoms with E-state index in [1.165, 1.54) is 0 Å². The molecule has 1 amide bonds. The predicted molar refractivity (Wildman–Crippen MR) is 86.2 cm³/mol. The second-order valence-electron chi connectivity index (χ2n) is 5.05. The van der Waals surface area contributed by atoms with Gasteiger partial charge in [0, 0.05) is 10.7 Å². The van der Waals surface area contributed by atoms with Crippen molar-refractivity contribution >= 4 is 29.2 Å². The molecule has 0 unspecified atom stereocenters. The van der Waals surface area contributed by atoms with Crippen LogP contribution in [0.1, 0.15) is 11.1 Å². The van der Waals surface area contributed by atoms with Crippen LogP contribution in [-0.4, -0.2) is 18.5 Å². The van der Waals surface area contributed by atoms with Crippen molar-refractivity contribution in [2.75, 3.05) is 11.9 Å². The predicted octanol–water partition coefficient (Wildman–Crippen LogP) is 4.08. The number of amides is 1. The van der Waals surface area contributed by atoms with Crippen molar-refractivity contribution in [1.82, 2.24) is 0 Å². The van der Waals surface area contributed by atoms with Crippen molar-refractivity contribution in [3.8, 4) is 0 Å². The number of ether oxygens (including phenoxy) is 1. The molecule has 2 rings (SSSR count). The highest BCUT2D eigenvalue weighted by Crippen LogP contribution is 2.29. The van der Waals surface area contributed by atoms with Crippen LogP contribution in [0.25, 0.3) is 0 Å². The molecule has 0 aliphatic carbocycles. The quantitative estimate of drug-likeness (QED) is 0.806. The van der Waals surface area contributed by atoms with E-state index in [1.54, 1.807) is 24.3 Å². The van der Waals surface area contributed by atoms with Crippen molar-refractivity contribution in [2.24, 2.45) is 0 Å². The molecule has 0 saturated heterocycles. The lowest BCUT2D eigenvalue weighted by atomic mass is 10.1. The van der Waals surface area contributed by atoms with Crippen LogP contribution in [0, 0.1) is 0 Å². The molecule has 0 aliphatic rings. The molecule has 0 spiro atoms. The largest absolute Gasteiger partial charge is 0.455 e. The maximum Gasteiger partial charge on any atom is 0.416 e. The Morgan fingerprint density at radius 2 is 1.68 bits per heavy atom. The fourth-order valence-corrected chi connectivity index (χ4v) is 2.14. The zero-order chi connectivity index (χ0) is 18.4. The Morgan fingerprint density at radius 3 is 2.28 bits per heavy atom. The summed E-state index contributed by atoms with van der Waals surface area (Å²) in [6, 6.07) is 10.6. The van der Waals surface area contributed by atoms with E-state index in [1.807, 2.05) is 0 Å². The van der Waals surface area contributed by atoms with Crippen molar-refractivity contribution < 1.29 is 27.5 Å². The SMILES string of the molecule is O=C(COC(=O)Cc1ccccc1Cl)Nc1ccc(C(F)(F)F)cc1. The van der Waals surface area contributed by atoms with Crippen LogP contribution in [0.3, 0.4) is 0 Å². The molecule has 1 N–H and O–H groups in total. The minimum absolute atomic E-state index is 0.0900. The van der Waals surface area contributed by atoms with Gasteiger partial charge in [-0.1, -0.05) is 29.8 Å². The third-order valence-electron chi connectivity index (χ3n) is 3.15. The number of alkyl halides is 3. The summed E-state index contributed by atoms with van der Waals surface area (Å²) in [5, 5.41) is 2.75. The van der Waals surface area contributed by atoms with Crippen LogP contribution in [0.5, 0.6) is 0 Å². The maximum atomic E-state index is 12.4. The number of hydrogen-bond acceptors (Lipinski definition) is 3. The molecule has 2 aromatic carbocycles. The molecule has 0 aliphatic heterocycles. The molecule has 4 nitrogen and oxygen atoms in total. The van der Waals surface area contributed by atoms with Gasteiger partial charge in [-0.05, 0) is 35.9 Å². The van der Waals surface area contributed by atoms with Crippen molar-refractivity contribution in [3.63, 3.8) is 0 Å². The summed E-state index contributed by atoms with van der Waals surface area (Å²) in [5.74, 6) is -1.30. The van der Waals surface area contributed by atoms with Crippen molar-refractivity contribution in [1.29, 1.82) is 0 Å². The van der Waals surface area contributed by atoms with Gasteiger partial charge in [0.15, 0.2) is 6.61 Å². The summed E-state index contributed by atoms with van der Waals surface area (Å²) in [5.41, 5.74) is -0.0888. The lowest BCUT2D eigenvalue weighted by molar-refractivity contribution is -0.146. The lowest BCUT2D eigenvalue weighted by Gasteiger charge is -2.09. The number of esters is 1. The van der Waals surface area contributed by atoms with E-state index in [-0.39, 0.29) is 12.1 Å². The average molecular weight is 372 g/mol. The van der Waals surface area contributed by atoms with Gasteiger partial charge >= 0.3 is 12.1 Å². The lowest BCUT2D eigenvalue weighted by Crippen LogP contribution is -2.21. The molecule has 0 fully saturated rings. The first-order chi connectivity index (χ1) is 11.8. The molecule has 0 heterocycles. The first-order valence-corrected chi connectivity index (χ1v) is 7.49. The second-order valence-corrected chi connectivity index (χ2v) is 5.46. The Hall–Kier alpha value is -2.54. The van der Waals surface area contributed by atoms with Gasteiger partial charge in [0.05, 0.1) is 12.0 Å². The number of benzene rings is 2. The number of halogens is 4. The van der Waals surface area contributed by atoms with E-state index < -0.39 is 30.2 Å². The summed E-state index contributed by atoms with van der Waals surface area (Å²) >= 11 is 5.92. The maximum absolute atomic E-state index is 12.4. The van der Waals surface area contributed by atoms with Gasteiger partial charge < -0.3 is 10.1 Å². The molecule has 8 heteroatoms. The van der Waals surface area contributed by atoms with E-state index >= 15 is 0 Å². The fraction of sp³-hybridized carbons (Fsp3) is 0.176. The van der Waals surface area contributed by atoms with E-state index in [0.29, 0.717) is 10.6 Å². The highest BCUT2D eigenvalue weighted by Gasteiger charge is 2.29. The summed E-state index contributed by atoms with van der Waals surface area (Å²) in [6.07, 6.45) is -4.54. The first kappa shape index (κ1) is 18.8. The van der Waals surface area contributed by atoms with Crippen molar-refractivity contribution in [3.05, 3.63) is 64.7 Å². The van der Waals surface area contributed by atoms with Crippen LogP contribution in [0.2, 0.25) is 5.02 Å². The van der Waals surface area contributed by atoms with Crippen LogP contribution >= 0.6 is 11.6 Å². The fourth-order valence-electron chi connectivity index (χ4n) is 1.93. The standard InChI is InChI=1S/C17H13ClF3NO3/c18-14-4-2-1-3-11(14)9-16(24)25-10-15(23)22-13-7-5-12(6-8-13)17(19,20)21/h1-8H,9-10H2,(H,22,23). The summed E-state index contributed by atoms with van der Waals surface area (Å²) < 4.78 is 42.2. The molecule has 132 valence electrons. The second kappa shape index (κ2) is 8.02. The third kappa shape index (κ3) is 5.79. The molecule has 0 radical (unpaired) electrons. The zero-order valence-corrected chi connectivity index (χ0v) is 13.5. The Balaban J connectivity index is 1.82. The Morgan fingerprint density at radius 1 is 1.04 bits per heavy atom. The third-order valence-corrected chi connectivity index (χ3v) is 3.52. The number of anilines is 1. The van der Waals surface area contributed by atoms with Gasteiger partial charge in [-0.2, -0.15) is 13.2 Å². The first-order valence-electron chi connectivity index (χ1n) is 7.12. The van der Waals surface area contributed by atoms with Crippen molar-refractivity contribution in [2.45, 2.75) is 12.6 Å². The Kier molecular flexibility index (Phi) is 6.03. The molecule has 0 atom stereocenters. The average Bonchev–Trinajstić information content (AvgIpc) is 2.55. The highest BCUT2D eigenvalue weighted by atomic mass is 35.5. The van der Waals surface area contributed by atoms with E-state index in [9.17, 15) is 22.8 Å². The van der Waals surface area contributed by atoms with E-state index in [4.69, 9.17) is 16.3 Å². The number of carbonyl (C=O) groups excluding carboxylic acids is 2. The molecule has 25 heavy (non-hydrogen) atoms. The number of carbonyl (C=O) groups is 2. The van der Waals surface area contributed by atoms with Gasteiger partial charge in [0.25, 0.3) is 5.91 Å². The van der Waals surface area contributed by atoms with Crippen LogP contribution in [0.4, 0.5) is 18.9 Å². The molecular formula is C17H13ClF3NO3. The molecule has 0 saturated carbocycles. The highest BCUT2D eigenvalue weighted by molar-refractivity contribution is 6.31. The smallest absolute Gasteiger partial charge is 0.416 e. The zero-order valence-electron chi connectivity index (χ0n) is 12.8. The van der Waals surface area contributed by atoms with E-state index in [2.05, 4.69) is 5.32 Å².